The van der Waals surface area contributed by atoms with Gasteiger partial charge in [-0.05, 0) is 65.9 Å². The number of alkyl halides is 1. The van der Waals surface area contributed by atoms with Crippen LogP contribution in [-0.4, -0.2) is 9.55 Å². The van der Waals surface area contributed by atoms with E-state index in [0.29, 0.717) is 5.82 Å². The van der Waals surface area contributed by atoms with Crippen molar-refractivity contribution >= 4 is 45.2 Å². The van der Waals surface area contributed by atoms with Gasteiger partial charge in [0.05, 0.1) is 22.1 Å². The smallest absolute Gasteiger partial charge is 0.132 e. The molecule has 2 nitrogen and oxygen atoms in total. The summed E-state index contributed by atoms with van der Waals surface area (Å²) in [6.07, 6.45) is 0. The van der Waals surface area contributed by atoms with Gasteiger partial charge in [-0.15, -0.1) is 11.6 Å². The van der Waals surface area contributed by atoms with E-state index < -0.39 is 0 Å². The molecule has 0 amide bonds. The molecule has 2 aromatic carbocycles. The first-order chi connectivity index (χ1) is 9.56. The molecule has 1 aromatic heterocycles. The van der Waals surface area contributed by atoms with Crippen LogP contribution in [0.4, 0.5) is 4.39 Å². The van der Waals surface area contributed by atoms with E-state index in [0.717, 1.165) is 20.3 Å². The lowest BCUT2D eigenvalue weighted by atomic mass is 10.2. The van der Waals surface area contributed by atoms with Gasteiger partial charge < -0.3 is 0 Å². The third-order valence-corrected chi connectivity index (χ3v) is 3.93. The zero-order valence-electron chi connectivity index (χ0n) is 10.6. The van der Waals surface area contributed by atoms with Crippen molar-refractivity contribution in [1.29, 1.82) is 0 Å². The Morgan fingerprint density at radius 1 is 1.25 bits per heavy atom. The number of benzene rings is 2. The number of rotatable bonds is 2. The number of hydrogen-bond donors (Lipinski definition) is 0. The van der Waals surface area contributed by atoms with Crippen LogP contribution in [0.15, 0.2) is 42.5 Å². The first-order valence-corrected chi connectivity index (χ1v) is 7.65. The Balaban J connectivity index is 2.34. The van der Waals surface area contributed by atoms with Crippen molar-refractivity contribution in [2.75, 3.05) is 0 Å². The van der Waals surface area contributed by atoms with Crippen LogP contribution >= 0.6 is 34.2 Å². The van der Waals surface area contributed by atoms with Crippen molar-refractivity contribution in [3.05, 3.63) is 57.7 Å². The van der Waals surface area contributed by atoms with Crippen LogP contribution in [0.25, 0.3) is 16.7 Å². The SMILES string of the molecule is CC(Cl)c1nc2cc(I)ccc2n1-c1cccc(F)c1. The third kappa shape index (κ3) is 2.42. The molecule has 0 bridgehead atoms. The Kier molecular flexibility index (Phi) is 3.69. The van der Waals surface area contributed by atoms with Crippen molar-refractivity contribution in [2.45, 2.75) is 12.3 Å². The van der Waals surface area contributed by atoms with Crippen LogP contribution in [0.1, 0.15) is 18.1 Å². The Morgan fingerprint density at radius 3 is 2.75 bits per heavy atom. The minimum absolute atomic E-state index is 0.261. The normalized spacial score (nSPS) is 12.8. The molecule has 3 rings (SSSR count). The second-order valence-electron chi connectivity index (χ2n) is 4.53. The summed E-state index contributed by atoms with van der Waals surface area (Å²) >= 11 is 8.47. The van der Waals surface area contributed by atoms with E-state index in [9.17, 15) is 4.39 Å². The van der Waals surface area contributed by atoms with Crippen molar-refractivity contribution in [2.24, 2.45) is 0 Å². The summed E-state index contributed by atoms with van der Waals surface area (Å²) < 4.78 is 16.5. The predicted octanol–water partition coefficient (Wildman–Crippen LogP) is 5.07. The fraction of sp³-hybridized carbons (Fsp3) is 0.133. The van der Waals surface area contributed by atoms with E-state index in [1.165, 1.54) is 12.1 Å². The number of fused-ring (bicyclic) bond motifs is 1. The van der Waals surface area contributed by atoms with Crippen LogP contribution in [-0.2, 0) is 0 Å². The molecule has 1 atom stereocenters. The van der Waals surface area contributed by atoms with Crippen LogP contribution in [0, 0.1) is 9.39 Å². The highest BCUT2D eigenvalue weighted by atomic mass is 127. The molecule has 1 unspecified atom stereocenters. The highest BCUT2D eigenvalue weighted by Crippen LogP contribution is 2.29. The van der Waals surface area contributed by atoms with Crippen LogP contribution in [0.5, 0.6) is 0 Å². The van der Waals surface area contributed by atoms with Crippen LogP contribution in [0.3, 0.4) is 0 Å². The molecular weight excluding hydrogens is 390 g/mol. The molecule has 0 aliphatic carbocycles. The van der Waals surface area contributed by atoms with Gasteiger partial charge in [-0.2, -0.15) is 0 Å². The van der Waals surface area contributed by atoms with Crippen LogP contribution < -0.4 is 0 Å². The molecule has 0 N–H and O–H groups in total. The molecule has 0 fully saturated rings. The maximum absolute atomic E-state index is 13.5. The average Bonchev–Trinajstić information content (AvgIpc) is 2.77. The standard InChI is InChI=1S/C15H11ClFIN2/c1-9(16)15-19-13-8-11(18)5-6-14(13)20(15)12-4-2-3-10(17)7-12/h2-9H,1H3. The van der Waals surface area contributed by atoms with Crippen molar-refractivity contribution < 1.29 is 4.39 Å². The Morgan fingerprint density at radius 2 is 2.05 bits per heavy atom. The minimum atomic E-state index is -0.275. The Hall–Kier alpha value is -1.14. The van der Waals surface area contributed by atoms with Crippen molar-refractivity contribution in [1.82, 2.24) is 9.55 Å². The highest BCUT2D eigenvalue weighted by molar-refractivity contribution is 14.1. The van der Waals surface area contributed by atoms with Gasteiger partial charge in [-0.1, -0.05) is 6.07 Å². The molecule has 20 heavy (non-hydrogen) atoms. The molecule has 5 heteroatoms. The first-order valence-electron chi connectivity index (χ1n) is 6.14. The van der Waals surface area contributed by atoms with Gasteiger partial charge in [-0.3, -0.25) is 4.57 Å². The molecule has 102 valence electrons. The highest BCUT2D eigenvalue weighted by Gasteiger charge is 2.16. The lowest BCUT2D eigenvalue weighted by Crippen LogP contribution is -2.02. The fourth-order valence-electron chi connectivity index (χ4n) is 2.23. The molecule has 0 aliphatic heterocycles. The number of hydrogen-bond acceptors (Lipinski definition) is 1. The molecule has 1 heterocycles. The van der Waals surface area contributed by atoms with E-state index in [2.05, 4.69) is 27.6 Å². The molecule has 0 aliphatic rings. The van der Waals surface area contributed by atoms with E-state index in [4.69, 9.17) is 11.6 Å². The summed E-state index contributed by atoms with van der Waals surface area (Å²) in [6, 6.07) is 12.4. The summed E-state index contributed by atoms with van der Waals surface area (Å²) in [4.78, 5) is 4.58. The summed E-state index contributed by atoms with van der Waals surface area (Å²) in [5, 5.41) is -0.261. The van der Waals surface area contributed by atoms with Gasteiger partial charge in [-0.25, -0.2) is 9.37 Å². The monoisotopic (exact) mass is 400 g/mol. The van der Waals surface area contributed by atoms with Crippen molar-refractivity contribution in [3.63, 3.8) is 0 Å². The largest absolute Gasteiger partial charge is 0.295 e. The van der Waals surface area contributed by atoms with Gasteiger partial charge in [0.25, 0.3) is 0 Å². The third-order valence-electron chi connectivity index (χ3n) is 3.06. The molecule has 0 spiro atoms. The average molecular weight is 401 g/mol. The van der Waals surface area contributed by atoms with Gasteiger partial charge in [0.15, 0.2) is 0 Å². The van der Waals surface area contributed by atoms with E-state index in [-0.39, 0.29) is 11.2 Å². The quantitative estimate of drug-likeness (QED) is 0.434. The molecular formula is C15H11ClFIN2. The zero-order chi connectivity index (χ0) is 14.3. The maximum atomic E-state index is 13.5. The lowest BCUT2D eigenvalue weighted by molar-refractivity contribution is 0.626. The Bertz CT molecular complexity index is 783. The van der Waals surface area contributed by atoms with Crippen molar-refractivity contribution in [3.8, 4) is 5.69 Å². The number of halogens is 3. The number of imidazole rings is 1. The fourth-order valence-corrected chi connectivity index (χ4v) is 2.85. The van der Waals surface area contributed by atoms with Crippen LogP contribution in [0.2, 0.25) is 0 Å². The van der Waals surface area contributed by atoms with Gasteiger partial charge >= 0.3 is 0 Å². The summed E-state index contributed by atoms with van der Waals surface area (Å²) in [7, 11) is 0. The van der Waals surface area contributed by atoms with E-state index >= 15 is 0 Å². The summed E-state index contributed by atoms with van der Waals surface area (Å²) in [6.45, 7) is 1.86. The van der Waals surface area contributed by atoms with E-state index in [1.54, 1.807) is 6.07 Å². The number of aromatic nitrogens is 2. The minimum Gasteiger partial charge on any atom is -0.295 e. The second-order valence-corrected chi connectivity index (χ2v) is 6.43. The zero-order valence-corrected chi connectivity index (χ0v) is 13.6. The second kappa shape index (κ2) is 5.33. The molecule has 0 saturated heterocycles. The lowest BCUT2D eigenvalue weighted by Gasteiger charge is -2.10. The number of nitrogens with zero attached hydrogens (tertiary/aromatic N) is 2. The van der Waals surface area contributed by atoms with Gasteiger partial charge in [0.2, 0.25) is 0 Å². The van der Waals surface area contributed by atoms with E-state index in [1.807, 2.05) is 35.8 Å². The molecule has 0 radical (unpaired) electrons. The molecule has 3 aromatic rings. The first kappa shape index (κ1) is 13.8. The predicted molar refractivity (Wildman–Crippen MR) is 88.0 cm³/mol. The van der Waals surface area contributed by atoms with Gasteiger partial charge in [0.1, 0.15) is 11.6 Å². The molecule has 0 saturated carbocycles. The summed E-state index contributed by atoms with van der Waals surface area (Å²) in [5.41, 5.74) is 2.53. The maximum Gasteiger partial charge on any atom is 0.132 e. The van der Waals surface area contributed by atoms with Gasteiger partial charge in [0, 0.05) is 3.57 Å². The Labute approximate surface area is 134 Å². The topological polar surface area (TPSA) is 17.8 Å². The summed E-state index contributed by atoms with van der Waals surface area (Å²) in [5.74, 6) is 0.442.